The van der Waals surface area contributed by atoms with Crippen LogP contribution in [0.5, 0.6) is 0 Å². The third-order valence-electron chi connectivity index (χ3n) is 3.09. The van der Waals surface area contributed by atoms with Crippen LogP contribution in [0.2, 0.25) is 0 Å². The Morgan fingerprint density at radius 3 is 2.72 bits per heavy atom. The van der Waals surface area contributed by atoms with E-state index in [1.54, 1.807) is 6.07 Å². The zero-order valence-corrected chi connectivity index (χ0v) is 10.6. The molecular weight excluding hydrogens is 230 g/mol. The molecule has 5 nitrogen and oxygen atoms in total. The zero-order valence-electron chi connectivity index (χ0n) is 10.6. The van der Waals surface area contributed by atoms with Gasteiger partial charge in [0.15, 0.2) is 5.58 Å². The number of morpholine rings is 1. The topological polar surface area (TPSA) is 64.5 Å². The van der Waals surface area contributed by atoms with Gasteiger partial charge in [0.1, 0.15) is 5.52 Å². The summed E-state index contributed by atoms with van der Waals surface area (Å²) in [4.78, 5) is 6.61. The molecule has 2 heterocycles. The molecule has 0 spiro atoms. The molecule has 0 radical (unpaired) electrons. The standard InChI is InChI=1S/C13H17N3O2/c1-8-6-16(7-9(2)17-8)13-15-11-4-3-10(14)5-12(11)18-13/h3-5,8-9H,6-7,14H2,1-2H3. The van der Waals surface area contributed by atoms with Crippen molar-refractivity contribution in [3.63, 3.8) is 0 Å². The Bertz CT molecular complexity index is 556. The van der Waals surface area contributed by atoms with Gasteiger partial charge >= 0.3 is 0 Å². The van der Waals surface area contributed by atoms with E-state index >= 15 is 0 Å². The van der Waals surface area contributed by atoms with Gasteiger partial charge in [0.05, 0.1) is 12.2 Å². The van der Waals surface area contributed by atoms with E-state index in [1.807, 2.05) is 12.1 Å². The van der Waals surface area contributed by atoms with Gasteiger partial charge in [-0.1, -0.05) is 0 Å². The van der Waals surface area contributed by atoms with E-state index in [0.717, 1.165) is 24.2 Å². The second kappa shape index (κ2) is 4.17. The summed E-state index contributed by atoms with van der Waals surface area (Å²) in [5, 5.41) is 0. The van der Waals surface area contributed by atoms with Gasteiger partial charge in [-0.25, -0.2) is 0 Å². The molecule has 0 bridgehead atoms. The number of fused-ring (bicyclic) bond motifs is 1. The highest BCUT2D eigenvalue weighted by Crippen LogP contribution is 2.25. The second-order valence-corrected chi connectivity index (χ2v) is 4.89. The Morgan fingerprint density at radius 1 is 1.28 bits per heavy atom. The first-order valence-corrected chi connectivity index (χ1v) is 6.18. The molecule has 0 amide bonds. The first kappa shape index (κ1) is 11.3. The van der Waals surface area contributed by atoms with Gasteiger partial charge in [0.25, 0.3) is 6.01 Å². The van der Waals surface area contributed by atoms with Crippen molar-refractivity contribution in [2.45, 2.75) is 26.1 Å². The van der Waals surface area contributed by atoms with E-state index in [0.29, 0.717) is 11.7 Å². The number of rotatable bonds is 1. The van der Waals surface area contributed by atoms with E-state index < -0.39 is 0 Å². The summed E-state index contributed by atoms with van der Waals surface area (Å²) >= 11 is 0. The largest absolute Gasteiger partial charge is 0.423 e. The summed E-state index contributed by atoms with van der Waals surface area (Å²) in [7, 11) is 0. The number of hydrogen-bond donors (Lipinski definition) is 1. The van der Waals surface area contributed by atoms with Gasteiger partial charge in [0.2, 0.25) is 0 Å². The van der Waals surface area contributed by atoms with Crippen LogP contribution < -0.4 is 10.6 Å². The van der Waals surface area contributed by atoms with Gasteiger partial charge in [-0.2, -0.15) is 4.98 Å². The lowest BCUT2D eigenvalue weighted by Gasteiger charge is -2.34. The van der Waals surface area contributed by atoms with Crippen LogP contribution in [0.4, 0.5) is 11.7 Å². The highest BCUT2D eigenvalue weighted by atomic mass is 16.5. The molecule has 18 heavy (non-hydrogen) atoms. The number of nitrogens with zero attached hydrogens (tertiary/aromatic N) is 2. The highest BCUT2D eigenvalue weighted by molar-refractivity contribution is 5.78. The van der Waals surface area contributed by atoms with Crippen LogP contribution in [-0.2, 0) is 4.74 Å². The molecule has 2 unspecified atom stereocenters. The molecule has 3 rings (SSSR count). The number of anilines is 2. The number of oxazole rings is 1. The van der Waals surface area contributed by atoms with Crippen LogP contribution in [0.1, 0.15) is 13.8 Å². The maximum atomic E-state index is 5.76. The normalized spacial score (nSPS) is 24.7. The van der Waals surface area contributed by atoms with Crippen molar-refractivity contribution < 1.29 is 9.15 Å². The van der Waals surface area contributed by atoms with Crippen molar-refractivity contribution in [3.05, 3.63) is 18.2 Å². The number of nitrogen functional groups attached to an aromatic ring is 1. The van der Waals surface area contributed by atoms with Crippen molar-refractivity contribution in [2.24, 2.45) is 0 Å². The minimum atomic E-state index is 0.189. The minimum Gasteiger partial charge on any atom is -0.423 e. The smallest absolute Gasteiger partial charge is 0.298 e. The van der Waals surface area contributed by atoms with E-state index in [4.69, 9.17) is 14.9 Å². The summed E-state index contributed by atoms with van der Waals surface area (Å²) in [6.07, 6.45) is 0.377. The fourth-order valence-electron chi connectivity index (χ4n) is 2.40. The van der Waals surface area contributed by atoms with E-state index in [-0.39, 0.29) is 12.2 Å². The number of ether oxygens (including phenoxy) is 1. The van der Waals surface area contributed by atoms with Crippen LogP contribution in [0, 0.1) is 0 Å². The fourth-order valence-corrected chi connectivity index (χ4v) is 2.40. The predicted molar refractivity (Wildman–Crippen MR) is 70.6 cm³/mol. The van der Waals surface area contributed by atoms with Crippen molar-refractivity contribution >= 4 is 22.8 Å². The van der Waals surface area contributed by atoms with Crippen molar-refractivity contribution in [3.8, 4) is 0 Å². The first-order valence-electron chi connectivity index (χ1n) is 6.18. The second-order valence-electron chi connectivity index (χ2n) is 4.89. The Balaban J connectivity index is 1.93. The molecule has 2 N–H and O–H groups in total. The monoisotopic (exact) mass is 247 g/mol. The molecular formula is C13H17N3O2. The molecule has 1 aromatic heterocycles. The maximum absolute atomic E-state index is 5.76. The molecule has 2 aromatic rings. The summed E-state index contributed by atoms with van der Waals surface area (Å²) in [6, 6.07) is 6.17. The summed E-state index contributed by atoms with van der Waals surface area (Å²) in [6.45, 7) is 5.71. The molecule has 96 valence electrons. The number of benzene rings is 1. The van der Waals surface area contributed by atoms with Gasteiger partial charge < -0.3 is 19.8 Å². The van der Waals surface area contributed by atoms with Gasteiger partial charge in [-0.05, 0) is 26.0 Å². The third kappa shape index (κ3) is 2.01. The summed E-state index contributed by atoms with van der Waals surface area (Å²) in [5.41, 5.74) is 8.00. The zero-order chi connectivity index (χ0) is 12.7. The number of nitrogens with two attached hydrogens (primary N) is 1. The molecule has 1 saturated heterocycles. The molecule has 0 aliphatic carbocycles. The van der Waals surface area contributed by atoms with Gasteiger partial charge in [-0.15, -0.1) is 0 Å². The van der Waals surface area contributed by atoms with Crippen LogP contribution in [0.3, 0.4) is 0 Å². The predicted octanol–water partition coefficient (Wildman–Crippen LogP) is 2.02. The molecule has 5 heteroatoms. The Kier molecular flexibility index (Phi) is 2.63. The molecule has 0 saturated carbocycles. The molecule has 1 aromatic carbocycles. The van der Waals surface area contributed by atoms with Gasteiger partial charge in [-0.3, -0.25) is 0 Å². The van der Waals surface area contributed by atoms with Crippen LogP contribution in [0.15, 0.2) is 22.6 Å². The SMILES string of the molecule is CC1CN(c2nc3ccc(N)cc3o2)CC(C)O1. The Morgan fingerprint density at radius 2 is 2.00 bits per heavy atom. The van der Waals surface area contributed by atoms with Crippen LogP contribution >= 0.6 is 0 Å². The third-order valence-corrected chi connectivity index (χ3v) is 3.09. The average molecular weight is 247 g/mol. The summed E-state index contributed by atoms with van der Waals surface area (Å²) < 4.78 is 11.5. The summed E-state index contributed by atoms with van der Waals surface area (Å²) in [5.74, 6) is 0. The van der Waals surface area contributed by atoms with E-state index in [1.165, 1.54) is 0 Å². The minimum absolute atomic E-state index is 0.189. The number of aromatic nitrogens is 1. The molecule has 1 aliphatic heterocycles. The van der Waals surface area contributed by atoms with Crippen LogP contribution in [0.25, 0.3) is 11.1 Å². The lowest BCUT2D eigenvalue weighted by Crippen LogP contribution is -2.45. The van der Waals surface area contributed by atoms with E-state index in [9.17, 15) is 0 Å². The van der Waals surface area contributed by atoms with Gasteiger partial charge in [0, 0.05) is 24.8 Å². The van der Waals surface area contributed by atoms with Crippen molar-refractivity contribution in [1.29, 1.82) is 0 Å². The Hall–Kier alpha value is -1.75. The van der Waals surface area contributed by atoms with Crippen molar-refractivity contribution in [1.82, 2.24) is 4.98 Å². The first-order chi connectivity index (χ1) is 8.61. The highest BCUT2D eigenvalue weighted by Gasteiger charge is 2.25. The Labute approximate surface area is 106 Å². The molecule has 1 aliphatic rings. The maximum Gasteiger partial charge on any atom is 0.298 e. The van der Waals surface area contributed by atoms with Crippen LogP contribution in [-0.4, -0.2) is 30.3 Å². The quantitative estimate of drug-likeness (QED) is 0.781. The lowest BCUT2D eigenvalue weighted by molar-refractivity contribution is -0.00662. The number of hydrogen-bond acceptors (Lipinski definition) is 5. The molecule has 2 atom stereocenters. The van der Waals surface area contributed by atoms with Crippen molar-refractivity contribution in [2.75, 3.05) is 23.7 Å². The van der Waals surface area contributed by atoms with E-state index in [2.05, 4.69) is 23.7 Å². The fraction of sp³-hybridized carbons (Fsp3) is 0.462. The average Bonchev–Trinajstić information content (AvgIpc) is 2.70. The molecule has 1 fully saturated rings. The lowest BCUT2D eigenvalue weighted by atomic mass is 10.2.